The van der Waals surface area contributed by atoms with Crippen LogP contribution in [0.5, 0.6) is 0 Å². The van der Waals surface area contributed by atoms with E-state index >= 15 is 0 Å². The van der Waals surface area contributed by atoms with E-state index < -0.39 is 18.4 Å². The summed E-state index contributed by atoms with van der Waals surface area (Å²) in [7, 11) is 0. The molecule has 32 heavy (non-hydrogen) atoms. The van der Waals surface area contributed by atoms with Gasteiger partial charge >= 0.3 is 6.36 Å². The minimum Gasteiger partial charge on any atom is -0.283 e. The maximum absolute atomic E-state index is 12.9. The zero-order chi connectivity index (χ0) is 23.7. The van der Waals surface area contributed by atoms with Crippen LogP contribution in [-0.4, -0.2) is 37.4 Å². The molecule has 1 aliphatic carbocycles. The summed E-state index contributed by atoms with van der Waals surface area (Å²) in [5, 5.41) is 11.0. The van der Waals surface area contributed by atoms with Crippen molar-refractivity contribution in [3.05, 3.63) is 66.6 Å². The Morgan fingerprint density at radius 3 is 2.50 bits per heavy atom. The molecule has 2 unspecified atom stereocenters. The summed E-state index contributed by atoms with van der Waals surface area (Å²) >= 11 is 0. The van der Waals surface area contributed by atoms with Crippen LogP contribution in [0, 0.1) is 5.92 Å². The summed E-state index contributed by atoms with van der Waals surface area (Å²) in [6.07, 6.45) is 2.41. The molecule has 1 N–H and O–H groups in total. The van der Waals surface area contributed by atoms with E-state index in [0.717, 1.165) is 0 Å². The van der Waals surface area contributed by atoms with Crippen LogP contribution < -0.4 is 0 Å². The number of alkyl halides is 3. The van der Waals surface area contributed by atoms with E-state index in [4.69, 9.17) is 0 Å². The Bertz CT molecular complexity index is 1020. The fraction of sp³-hybridized carbons (Fsp3) is 0.348. The predicted molar refractivity (Wildman–Crippen MR) is 119 cm³/mol. The molecule has 0 fully saturated rings. The van der Waals surface area contributed by atoms with Crippen molar-refractivity contribution in [3.8, 4) is 17.2 Å². The number of rotatable bonds is 4. The van der Waals surface area contributed by atoms with Crippen molar-refractivity contribution in [2.24, 2.45) is 5.92 Å². The number of nitrogens with one attached hydrogen (secondary N) is 1. The molecule has 1 aliphatic rings. The van der Waals surface area contributed by atoms with Crippen molar-refractivity contribution in [3.63, 3.8) is 0 Å². The number of hydrogen-bond donors (Lipinski definition) is 1. The highest BCUT2D eigenvalue weighted by molar-refractivity contribution is 5.73. The SMILES string of the molecule is CC.CC.CC1C=CC=C(c2cccc(-n3ccc(-c4ncn[nH]4)n3)c2)C1OC(F)(F)F. The van der Waals surface area contributed by atoms with Gasteiger partial charge in [0.05, 0.1) is 11.8 Å². The minimum absolute atomic E-state index is 0.409. The lowest BCUT2D eigenvalue weighted by Crippen LogP contribution is -2.31. The van der Waals surface area contributed by atoms with Gasteiger partial charge in [-0.1, -0.05) is 65.0 Å². The standard InChI is InChI=1S/C19H16F3N5O.2C2H6/c1-12-4-2-7-15(17(12)28-19(20,21)22)13-5-3-6-14(10-13)27-9-8-16(26-27)18-23-11-24-25-18;2*1-2/h2-12,17H,1H3,(H,23,24,25);2*1-2H3. The third kappa shape index (κ3) is 6.16. The normalized spacial score (nSPS) is 17.6. The van der Waals surface area contributed by atoms with Gasteiger partial charge < -0.3 is 0 Å². The average Bonchev–Trinajstić information content (AvgIpc) is 3.49. The first-order valence-electron chi connectivity index (χ1n) is 10.6. The molecule has 0 spiro atoms. The van der Waals surface area contributed by atoms with E-state index in [1.54, 1.807) is 60.3 Å². The lowest BCUT2D eigenvalue weighted by atomic mass is 9.88. The van der Waals surface area contributed by atoms with E-state index in [2.05, 4.69) is 25.0 Å². The van der Waals surface area contributed by atoms with Gasteiger partial charge in [0, 0.05) is 12.1 Å². The van der Waals surface area contributed by atoms with Crippen molar-refractivity contribution in [1.29, 1.82) is 0 Å². The number of halogens is 3. The molecule has 0 saturated carbocycles. The Balaban J connectivity index is 0.000000860. The second-order valence-electron chi connectivity index (χ2n) is 6.38. The fourth-order valence-corrected chi connectivity index (χ4v) is 3.14. The molecule has 2 atom stereocenters. The number of aromatic amines is 1. The second-order valence-corrected chi connectivity index (χ2v) is 6.38. The van der Waals surface area contributed by atoms with Gasteiger partial charge in [0.1, 0.15) is 12.0 Å². The predicted octanol–water partition coefficient (Wildman–Crippen LogP) is 6.20. The number of nitrogens with zero attached hydrogens (tertiary/aromatic N) is 4. The van der Waals surface area contributed by atoms with E-state index in [1.165, 1.54) is 6.33 Å². The highest BCUT2D eigenvalue weighted by Gasteiger charge is 2.38. The Labute approximate surface area is 185 Å². The molecule has 4 rings (SSSR count). The molecule has 0 saturated heterocycles. The first-order chi connectivity index (χ1) is 15.4. The molecular weight excluding hydrogens is 419 g/mol. The highest BCUT2D eigenvalue weighted by Crippen LogP contribution is 2.35. The molecule has 172 valence electrons. The summed E-state index contributed by atoms with van der Waals surface area (Å²) in [4.78, 5) is 4.05. The van der Waals surface area contributed by atoms with Crippen LogP contribution in [0.25, 0.3) is 22.8 Å². The first kappa shape index (κ1) is 25.1. The van der Waals surface area contributed by atoms with Gasteiger partial charge in [-0.15, -0.1) is 13.2 Å². The zero-order valence-corrected chi connectivity index (χ0v) is 18.8. The van der Waals surface area contributed by atoms with E-state index in [1.807, 2.05) is 33.8 Å². The van der Waals surface area contributed by atoms with Gasteiger partial charge in [-0.2, -0.15) is 10.2 Å². The Hall–Kier alpha value is -3.20. The topological polar surface area (TPSA) is 68.6 Å². The number of aromatic nitrogens is 5. The summed E-state index contributed by atoms with van der Waals surface area (Å²) in [6.45, 7) is 9.70. The van der Waals surface area contributed by atoms with Crippen LogP contribution in [0.15, 0.2) is 61.1 Å². The molecule has 0 aliphatic heterocycles. The molecule has 2 aromatic heterocycles. The summed E-state index contributed by atoms with van der Waals surface area (Å²) in [6, 6.07) is 8.90. The van der Waals surface area contributed by atoms with Crippen molar-refractivity contribution in [1.82, 2.24) is 25.0 Å². The molecule has 2 heterocycles. The minimum atomic E-state index is -4.71. The van der Waals surface area contributed by atoms with Gasteiger partial charge in [0.2, 0.25) is 0 Å². The van der Waals surface area contributed by atoms with Crippen molar-refractivity contribution in [2.75, 3.05) is 0 Å². The van der Waals surface area contributed by atoms with Crippen LogP contribution in [-0.2, 0) is 4.74 Å². The molecule has 1 aromatic carbocycles. The smallest absolute Gasteiger partial charge is 0.283 e. The first-order valence-corrected chi connectivity index (χ1v) is 10.6. The van der Waals surface area contributed by atoms with Crippen molar-refractivity contribution < 1.29 is 17.9 Å². The monoisotopic (exact) mass is 447 g/mol. The summed E-state index contributed by atoms with van der Waals surface area (Å²) < 4.78 is 44.7. The number of ether oxygens (including phenoxy) is 1. The maximum atomic E-state index is 12.9. The average molecular weight is 448 g/mol. The summed E-state index contributed by atoms with van der Waals surface area (Å²) in [5.41, 5.74) is 2.42. The van der Waals surface area contributed by atoms with E-state index in [9.17, 15) is 13.2 Å². The molecule has 9 heteroatoms. The number of allylic oxidation sites excluding steroid dienone is 2. The largest absolute Gasteiger partial charge is 0.523 e. The Morgan fingerprint density at radius 1 is 1.09 bits per heavy atom. The molecule has 3 aromatic rings. The van der Waals surface area contributed by atoms with Gasteiger partial charge in [-0.3, -0.25) is 9.84 Å². The third-order valence-corrected chi connectivity index (χ3v) is 4.43. The molecule has 0 bridgehead atoms. The van der Waals surface area contributed by atoms with Gasteiger partial charge in [0.25, 0.3) is 0 Å². The molecule has 0 amide bonds. The number of H-pyrrole nitrogens is 1. The van der Waals surface area contributed by atoms with Crippen LogP contribution in [0.2, 0.25) is 0 Å². The van der Waals surface area contributed by atoms with Crippen LogP contribution in [0.1, 0.15) is 40.2 Å². The van der Waals surface area contributed by atoms with Crippen molar-refractivity contribution in [2.45, 2.75) is 47.1 Å². The number of benzene rings is 1. The summed E-state index contributed by atoms with van der Waals surface area (Å²) in [5.74, 6) is 0.121. The third-order valence-electron chi connectivity index (χ3n) is 4.43. The molecule has 0 radical (unpaired) electrons. The van der Waals surface area contributed by atoms with Crippen LogP contribution in [0.3, 0.4) is 0 Å². The second kappa shape index (κ2) is 11.4. The Kier molecular flexibility index (Phi) is 8.95. The maximum Gasteiger partial charge on any atom is 0.523 e. The molecular formula is C23H28F3N5O. The number of hydrogen-bond acceptors (Lipinski definition) is 4. The van der Waals surface area contributed by atoms with Crippen molar-refractivity contribution >= 4 is 5.57 Å². The van der Waals surface area contributed by atoms with Gasteiger partial charge in [0.15, 0.2) is 5.82 Å². The Morgan fingerprint density at radius 2 is 1.84 bits per heavy atom. The van der Waals surface area contributed by atoms with E-state index in [-0.39, 0.29) is 0 Å². The van der Waals surface area contributed by atoms with Gasteiger partial charge in [-0.25, -0.2) is 9.67 Å². The zero-order valence-electron chi connectivity index (χ0n) is 18.8. The van der Waals surface area contributed by atoms with Crippen LogP contribution in [0.4, 0.5) is 13.2 Å². The molecule has 6 nitrogen and oxygen atoms in total. The quantitative estimate of drug-likeness (QED) is 0.517. The van der Waals surface area contributed by atoms with Crippen LogP contribution >= 0.6 is 0 Å². The highest BCUT2D eigenvalue weighted by atomic mass is 19.4. The lowest BCUT2D eigenvalue weighted by Gasteiger charge is -2.28. The van der Waals surface area contributed by atoms with Gasteiger partial charge in [-0.05, 0) is 29.3 Å². The van der Waals surface area contributed by atoms with E-state index in [0.29, 0.717) is 28.3 Å². The fourth-order valence-electron chi connectivity index (χ4n) is 3.14. The lowest BCUT2D eigenvalue weighted by molar-refractivity contribution is -0.338.